The molecule has 0 aliphatic heterocycles. The fourth-order valence-electron chi connectivity index (χ4n) is 1.16. The summed E-state index contributed by atoms with van der Waals surface area (Å²) in [5.41, 5.74) is 5.91. The molecular weight excluding hydrogens is 242 g/mol. The van der Waals surface area contributed by atoms with Crippen LogP contribution in [0.2, 0.25) is 0 Å². The van der Waals surface area contributed by atoms with E-state index in [2.05, 4.69) is 10.1 Å². The third-order valence-electron chi connectivity index (χ3n) is 2.41. The first-order valence-electron chi connectivity index (χ1n) is 5.33. The zero-order chi connectivity index (χ0) is 13.3. The molecule has 1 aromatic rings. The van der Waals surface area contributed by atoms with Crippen LogP contribution in [0.1, 0.15) is 32.5 Å². The van der Waals surface area contributed by atoms with Crippen molar-refractivity contribution in [3.8, 4) is 0 Å². The molecule has 0 aliphatic rings. The van der Waals surface area contributed by atoms with Gasteiger partial charge in [0.2, 0.25) is 5.89 Å². The number of rotatable bonds is 4. The monoisotopic (exact) mass is 261 g/mol. The van der Waals surface area contributed by atoms with E-state index in [-0.39, 0.29) is 23.0 Å². The van der Waals surface area contributed by atoms with Crippen molar-refractivity contribution >= 4 is 9.84 Å². The standard InChI is InChI=1S/C10H19N3O3S/c1-10(2,3)7(11)5-9-12-8(13-16-9)6-17(4,14)15/h7H,5-6,11H2,1-4H3. The molecule has 0 aromatic carbocycles. The van der Waals surface area contributed by atoms with Crippen molar-refractivity contribution in [2.45, 2.75) is 39.0 Å². The van der Waals surface area contributed by atoms with Crippen LogP contribution in [0, 0.1) is 5.41 Å². The Kier molecular flexibility index (Phi) is 3.93. The third kappa shape index (κ3) is 4.82. The van der Waals surface area contributed by atoms with E-state index in [1.165, 1.54) is 0 Å². The summed E-state index contributed by atoms with van der Waals surface area (Å²) in [5.74, 6) is 0.357. The van der Waals surface area contributed by atoms with Gasteiger partial charge in [-0.2, -0.15) is 4.98 Å². The molecule has 0 radical (unpaired) electrons. The van der Waals surface area contributed by atoms with E-state index < -0.39 is 9.84 Å². The van der Waals surface area contributed by atoms with Gasteiger partial charge in [0, 0.05) is 18.7 Å². The molecule has 0 spiro atoms. The first kappa shape index (κ1) is 14.1. The zero-order valence-corrected chi connectivity index (χ0v) is 11.4. The lowest BCUT2D eigenvalue weighted by molar-refractivity contribution is 0.285. The summed E-state index contributed by atoms with van der Waals surface area (Å²) in [5, 5.41) is 3.62. The molecule has 0 fully saturated rings. The number of nitrogens with two attached hydrogens (primary N) is 1. The molecule has 0 saturated carbocycles. The Morgan fingerprint density at radius 3 is 2.47 bits per heavy atom. The Morgan fingerprint density at radius 1 is 1.41 bits per heavy atom. The van der Waals surface area contributed by atoms with Crippen LogP contribution >= 0.6 is 0 Å². The fraction of sp³-hybridized carbons (Fsp3) is 0.800. The molecule has 1 rings (SSSR count). The summed E-state index contributed by atoms with van der Waals surface area (Å²) in [6.07, 6.45) is 1.57. The van der Waals surface area contributed by atoms with Crippen LogP contribution in [-0.4, -0.2) is 30.9 Å². The van der Waals surface area contributed by atoms with Gasteiger partial charge in [0.05, 0.1) is 0 Å². The Morgan fingerprint density at radius 2 is 2.00 bits per heavy atom. The predicted octanol–water partition coefficient (Wildman–Crippen LogP) is 0.530. The van der Waals surface area contributed by atoms with Gasteiger partial charge < -0.3 is 10.3 Å². The number of nitrogens with zero attached hydrogens (tertiary/aromatic N) is 2. The minimum absolute atomic E-state index is 0.0640. The van der Waals surface area contributed by atoms with Crippen LogP contribution in [0.15, 0.2) is 4.52 Å². The van der Waals surface area contributed by atoms with Gasteiger partial charge in [-0.1, -0.05) is 25.9 Å². The van der Waals surface area contributed by atoms with E-state index in [9.17, 15) is 8.42 Å². The number of hydrogen-bond acceptors (Lipinski definition) is 6. The third-order valence-corrected chi connectivity index (χ3v) is 3.19. The highest BCUT2D eigenvalue weighted by Gasteiger charge is 2.23. The highest BCUT2D eigenvalue weighted by atomic mass is 32.2. The highest BCUT2D eigenvalue weighted by Crippen LogP contribution is 2.20. The first-order chi connectivity index (χ1) is 7.58. The van der Waals surface area contributed by atoms with Crippen molar-refractivity contribution in [2.24, 2.45) is 11.1 Å². The number of aromatic nitrogens is 2. The van der Waals surface area contributed by atoms with Crippen LogP contribution in [0.4, 0.5) is 0 Å². The van der Waals surface area contributed by atoms with Gasteiger partial charge >= 0.3 is 0 Å². The van der Waals surface area contributed by atoms with E-state index in [1.807, 2.05) is 20.8 Å². The van der Waals surface area contributed by atoms with Gasteiger partial charge in [-0.3, -0.25) is 0 Å². The summed E-state index contributed by atoms with van der Waals surface area (Å²) < 4.78 is 27.1. The minimum Gasteiger partial charge on any atom is -0.339 e. The Balaban J connectivity index is 2.70. The van der Waals surface area contributed by atoms with Crippen LogP contribution < -0.4 is 5.73 Å². The second kappa shape index (κ2) is 4.73. The maximum absolute atomic E-state index is 11.0. The molecule has 1 atom stereocenters. The molecule has 0 bridgehead atoms. The van der Waals surface area contributed by atoms with E-state index in [4.69, 9.17) is 10.3 Å². The highest BCUT2D eigenvalue weighted by molar-refractivity contribution is 7.89. The molecule has 0 saturated heterocycles. The second-order valence-electron chi connectivity index (χ2n) is 5.35. The molecule has 98 valence electrons. The van der Waals surface area contributed by atoms with Crippen molar-refractivity contribution in [2.75, 3.05) is 6.26 Å². The van der Waals surface area contributed by atoms with Gasteiger partial charge in [0.1, 0.15) is 5.75 Å². The summed E-state index contributed by atoms with van der Waals surface area (Å²) in [6, 6.07) is -0.117. The topological polar surface area (TPSA) is 99.1 Å². The summed E-state index contributed by atoms with van der Waals surface area (Å²) in [7, 11) is -3.14. The Labute approximate surface area is 102 Å². The molecule has 17 heavy (non-hydrogen) atoms. The van der Waals surface area contributed by atoms with Gasteiger partial charge in [-0.15, -0.1) is 0 Å². The lowest BCUT2D eigenvalue weighted by Crippen LogP contribution is -2.37. The van der Waals surface area contributed by atoms with Crippen molar-refractivity contribution in [3.63, 3.8) is 0 Å². The molecule has 7 heteroatoms. The van der Waals surface area contributed by atoms with E-state index >= 15 is 0 Å². The van der Waals surface area contributed by atoms with Crippen molar-refractivity contribution in [1.29, 1.82) is 0 Å². The molecule has 0 amide bonds. The van der Waals surface area contributed by atoms with Gasteiger partial charge in [-0.05, 0) is 5.41 Å². The minimum atomic E-state index is -3.14. The largest absolute Gasteiger partial charge is 0.339 e. The molecular formula is C10H19N3O3S. The van der Waals surface area contributed by atoms with Crippen molar-refractivity contribution in [1.82, 2.24) is 10.1 Å². The zero-order valence-electron chi connectivity index (χ0n) is 10.6. The summed E-state index contributed by atoms with van der Waals surface area (Å²) in [6.45, 7) is 6.06. The lowest BCUT2D eigenvalue weighted by Gasteiger charge is -2.25. The van der Waals surface area contributed by atoms with E-state index in [0.717, 1.165) is 6.26 Å². The summed E-state index contributed by atoms with van der Waals surface area (Å²) >= 11 is 0. The number of sulfone groups is 1. The van der Waals surface area contributed by atoms with E-state index in [1.54, 1.807) is 0 Å². The maximum atomic E-state index is 11.0. The molecule has 1 unspecified atom stereocenters. The van der Waals surface area contributed by atoms with E-state index in [0.29, 0.717) is 12.3 Å². The SMILES string of the molecule is CC(C)(C)C(N)Cc1nc(CS(C)(=O)=O)no1. The maximum Gasteiger partial charge on any atom is 0.228 e. The molecule has 1 heterocycles. The Hall–Kier alpha value is -0.950. The van der Waals surface area contributed by atoms with Gasteiger partial charge in [0.25, 0.3) is 0 Å². The molecule has 6 nitrogen and oxygen atoms in total. The lowest BCUT2D eigenvalue weighted by atomic mass is 9.85. The van der Waals surface area contributed by atoms with Crippen LogP contribution in [-0.2, 0) is 22.0 Å². The van der Waals surface area contributed by atoms with Gasteiger partial charge in [0.15, 0.2) is 15.7 Å². The Bertz CT molecular complexity index is 473. The van der Waals surface area contributed by atoms with Gasteiger partial charge in [-0.25, -0.2) is 8.42 Å². The number of hydrogen-bond donors (Lipinski definition) is 1. The molecule has 2 N–H and O–H groups in total. The molecule has 0 aliphatic carbocycles. The average Bonchev–Trinajstić information content (AvgIpc) is 2.47. The average molecular weight is 261 g/mol. The fourth-order valence-corrected chi connectivity index (χ4v) is 1.75. The quantitative estimate of drug-likeness (QED) is 0.848. The van der Waals surface area contributed by atoms with Crippen molar-refractivity contribution < 1.29 is 12.9 Å². The van der Waals surface area contributed by atoms with Crippen LogP contribution in [0.5, 0.6) is 0 Å². The van der Waals surface area contributed by atoms with Crippen LogP contribution in [0.3, 0.4) is 0 Å². The smallest absolute Gasteiger partial charge is 0.228 e. The normalized spacial score (nSPS) is 14.9. The second-order valence-corrected chi connectivity index (χ2v) is 7.49. The van der Waals surface area contributed by atoms with Crippen LogP contribution in [0.25, 0.3) is 0 Å². The molecule has 1 aromatic heterocycles. The first-order valence-corrected chi connectivity index (χ1v) is 7.39. The van der Waals surface area contributed by atoms with Crippen molar-refractivity contribution in [3.05, 3.63) is 11.7 Å². The summed E-state index contributed by atoms with van der Waals surface area (Å²) in [4.78, 5) is 4.01. The predicted molar refractivity (Wildman–Crippen MR) is 64.0 cm³/mol.